The average Bonchev–Trinajstić information content (AvgIpc) is 2.70. The number of halogens is 2. The number of carbonyl (C=O) groups is 1. The summed E-state index contributed by atoms with van der Waals surface area (Å²) in [5.74, 6) is 1.05. The second-order valence-electron chi connectivity index (χ2n) is 3.74. The zero-order valence-corrected chi connectivity index (χ0v) is 16.4. The van der Waals surface area contributed by atoms with Crippen molar-refractivity contribution < 1.29 is 9.53 Å². The minimum Gasteiger partial charge on any atom is -0.492 e. The molecule has 0 unspecified atom stereocenters. The quantitative estimate of drug-likeness (QED) is 0.339. The van der Waals surface area contributed by atoms with Crippen molar-refractivity contribution in [2.24, 2.45) is 5.10 Å². The van der Waals surface area contributed by atoms with Crippen LogP contribution in [-0.2, 0) is 4.79 Å². The van der Waals surface area contributed by atoms with Crippen molar-refractivity contribution in [1.29, 1.82) is 0 Å². The molecule has 1 fully saturated rings. The molecule has 4 nitrogen and oxygen atoms in total. The number of carbonyl (C=O) groups excluding carboxylic acids is 1. The summed E-state index contributed by atoms with van der Waals surface area (Å²) in [6.45, 7) is 2.51. The van der Waals surface area contributed by atoms with Crippen molar-refractivity contribution in [2.75, 3.05) is 12.4 Å². The van der Waals surface area contributed by atoms with E-state index in [1.807, 2.05) is 19.1 Å². The van der Waals surface area contributed by atoms with Crippen LogP contribution in [0, 0.1) is 7.14 Å². The van der Waals surface area contributed by atoms with E-state index in [0.717, 1.165) is 18.5 Å². The van der Waals surface area contributed by atoms with Crippen LogP contribution < -0.4 is 4.74 Å². The van der Waals surface area contributed by atoms with E-state index in [1.54, 1.807) is 6.21 Å². The van der Waals surface area contributed by atoms with Crippen LogP contribution in [-0.4, -0.2) is 33.8 Å². The molecule has 1 saturated heterocycles. The van der Waals surface area contributed by atoms with Crippen molar-refractivity contribution in [3.8, 4) is 5.75 Å². The first-order chi connectivity index (χ1) is 9.52. The lowest BCUT2D eigenvalue weighted by Crippen LogP contribution is -2.22. The first-order valence-electron chi connectivity index (χ1n) is 5.68. The van der Waals surface area contributed by atoms with Gasteiger partial charge in [-0.15, -0.1) is 0 Å². The number of benzene rings is 1. The predicted octanol–water partition coefficient (Wildman–Crippen LogP) is 3.49. The molecule has 0 spiro atoms. The van der Waals surface area contributed by atoms with E-state index in [-0.39, 0.29) is 5.91 Å². The fourth-order valence-corrected chi connectivity index (χ4v) is 4.56. The normalized spacial score (nSPS) is 15.4. The van der Waals surface area contributed by atoms with Crippen molar-refractivity contribution in [1.82, 2.24) is 5.01 Å². The third kappa shape index (κ3) is 3.83. The summed E-state index contributed by atoms with van der Waals surface area (Å²) in [5.41, 5.74) is 0.843. The van der Waals surface area contributed by atoms with E-state index in [4.69, 9.17) is 17.0 Å². The van der Waals surface area contributed by atoms with Gasteiger partial charge in [-0.3, -0.25) is 4.79 Å². The highest BCUT2D eigenvalue weighted by Gasteiger charge is 2.26. The molecule has 0 saturated carbocycles. The van der Waals surface area contributed by atoms with Crippen LogP contribution >= 0.6 is 69.2 Å². The third-order valence-corrected chi connectivity index (χ3v) is 5.13. The van der Waals surface area contributed by atoms with E-state index in [2.05, 4.69) is 50.3 Å². The highest BCUT2D eigenvalue weighted by atomic mass is 127. The zero-order valence-electron chi connectivity index (χ0n) is 10.4. The molecule has 0 aliphatic carbocycles. The van der Waals surface area contributed by atoms with E-state index in [9.17, 15) is 4.79 Å². The highest BCUT2D eigenvalue weighted by Crippen LogP contribution is 2.28. The molecule has 0 aromatic heterocycles. The summed E-state index contributed by atoms with van der Waals surface area (Å²) in [4.78, 5) is 11.6. The number of hydrogen-bond acceptors (Lipinski definition) is 5. The van der Waals surface area contributed by atoms with Gasteiger partial charge in [0.05, 0.1) is 22.1 Å². The first kappa shape index (κ1) is 16.4. The summed E-state index contributed by atoms with van der Waals surface area (Å²) in [7, 11) is 0. The number of nitrogens with zero attached hydrogens (tertiary/aromatic N) is 2. The summed E-state index contributed by atoms with van der Waals surface area (Å²) in [5, 5.41) is 5.46. The number of amides is 1. The molecule has 20 heavy (non-hydrogen) atoms. The minimum atomic E-state index is -0.0884. The minimum absolute atomic E-state index is 0.0884. The van der Waals surface area contributed by atoms with E-state index < -0.39 is 0 Å². The Labute approximate surface area is 154 Å². The molecule has 1 aliphatic heterocycles. The molecule has 1 heterocycles. The number of hydrazone groups is 1. The van der Waals surface area contributed by atoms with Crippen LogP contribution in [0.15, 0.2) is 17.2 Å². The Balaban J connectivity index is 2.32. The van der Waals surface area contributed by atoms with E-state index >= 15 is 0 Å². The van der Waals surface area contributed by atoms with Gasteiger partial charge in [0.15, 0.2) is 4.32 Å². The van der Waals surface area contributed by atoms with Gasteiger partial charge in [0, 0.05) is 9.13 Å². The molecule has 106 valence electrons. The van der Waals surface area contributed by atoms with Crippen molar-refractivity contribution in [2.45, 2.75) is 6.92 Å². The Hall–Kier alpha value is 0.0600. The predicted molar refractivity (Wildman–Crippen MR) is 103 cm³/mol. The highest BCUT2D eigenvalue weighted by molar-refractivity contribution is 14.1. The zero-order chi connectivity index (χ0) is 14.7. The van der Waals surface area contributed by atoms with Crippen LogP contribution in [0.1, 0.15) is 12.5 Å². The molecule has 0 radical (unpaired) electrons. The summed E-state index contributed by atoms with van der Waals surface area (Å²) < 4.78 is 8.24. The summed E-state index contributed by atoms with van der Waals surface area (Å²) in [6, 6.07) is 4.00. The molecule has 1 aromatic rings. The smallest absolute Gasteiger partial charge is 0.259 e. The average molecular weight is 532 g/mol. The Morgan fingerprint density at radius 2 is 2.30 bits per heavy atom. The van der Waals surface area contributed by atoms with Gasteiger partial charge in [-0.25, -0.2) is 0 Å². The van der Waals surface area contributed by atoms with Gasteiger partial charge >= 0.3 is 0 Å². The van der Waals surface area contributed by atoms with Crippen molar-refractivity contribution in [3.63, 3.8) is 0 Å². The second kappa shape index (κ2) is 7.36. The van der Waals surface area contributed by atoms with Gasteiger partial charge in [0.25, 0.3) is 5.91 Å². The Morgan fingerprint density at radius 3 is 2.90 bits per heavy atom. The second-order valence-corrected chi connectivity index (χ2v) is 7.76. The molecular weight excluding hydrogens is 522 g/mol. The molecule has 1 aliphatic rings. The number of thiocarbonyl (C=S) groups is 1. The lowest BCUT2D eigenvalue weighted by atomic mass is 10.2. The largest absolute Gasteiger partial charge is 0.492 e. The monoisotopic (exact) mass is 532 g/mol. The van der Waals surface area contributed by atoms with Crippen LogP contribution in [0.5, 0.6) is 5.75 Å². The molecule has 1 amide bonds. The third-order valence-electron chi connectivity index (χ3n) is 2.37. The lowest BCUT2D eigenvalue weighted by molar-refractivity contribution is -0.123. The molecule has 1 aromatic carbocycles. The number of thioether (sulfide) groups is 1. The standard InChI is InChI=1S/C12H10I2N2O2S2/c1-2-18-11-7(3-8(13)4-9(11)14)5-15-16-10(17)6-20-12(16)19/h3-5H,2,6H2,1H3/b15-5+. The van der Waals surface area contributed by atoms with E-state index in [0.29, 0.717) is 16.7 Å². The first-order valence-corrected chi connectivity index (χ1v) is 9.23. The Morgan fingerprint density at radius 1 is 1.55 bits per heavy atom. The maximum atomic E-state index is 11.6. The molecule has 0 N–H and O–H groups in total. The maximum absolute atomic E-state index is 11.6. The maximum Gasteiger partial charge on any atom is 0.259 e. The number of rotatable bonds is 4. The van der Waals surface area contributed by atoms with Crippen LogP contribution in [0.25, 0.3) is 0 Å². The summed E-state index contributed by atoms with van der Waals surface area (Å²) in [6.07, 6.45) is 1.63. The topological polar surface area (TPSA) is 41.9 Å². The van der Waals surface area contributed by atoms with Crippen LogP contribution in [0.3, 0.4) is 0 Å². The molecule has 2 rings (SSSR count). The molecule has 0 atom stereocenters. The molecular formula is C12H10I2N2O2S2. The SMILES string of the molecule is CCOc1c(I)cc(I)cc1/C=N/N1C(=O)CSC1=S. The van der Waals surface area contributed by atoms with Crippen LogP contribution in [0.4, 0.5) is 0 Å². The molecule has 8 heteroatoms. The number of ether oxygens (including phenoxy) is 1. The Bertz CT molecular complexity index is 577. The van der Waals surface area contributed by atoms with Crippen LogP contribution in [0.2, 0.25) is 0 Å². The van der Waals surface area contributed by atoms with Gasteiger partial charge < -0.3 is 4.74 Å². The number of hydrogen-bond donors (Lipinski definition) is 0. The summed E-state index contributed by atoms with van der Waals surface area (Å²) >= 11 is 10.9. The lowest BCUT2D eigenvalue weighted by Gasteiger charge is -2.11. The Kier molecular flexibility index (Phi) is 6.05. The fourth-order valence-electron chi connectivity index (χ4n) is 1.55. The fraction of sp³-hybridized carbons (Fsp3) is 0.250. The van der Waals surface area contributed by atoms with Crippen molar-refractivity contribution >= 4 is 85.6 Å². The van der Waals surface area contributed by atoms with Gasteiger partial charge in [-0.1, -0.05) is 24.0 Å². The van der Waals surface area contributed by atoms with E-state index in [1.165, 1.54) is 16.8 Å². The van der Waals surface area contributed by atoms with Gasteiger partial charge in [-0.2, -0.15) is 10.1 Å². The van der Waals surface area contributed by atoms with Gasteiger partial charge in [0.2, 0.25) is 0 Å². The van der Waals surface area contributed by atoms with Gasteiger partial charge in [0.1, 0.15) is 5.75 Å². The molecule has 0 bridgehead atoms. The van der Waals surface area contributed by atoms with Gasteiger partial charge in [-0.05, 0) is 64.2 Å². The van der Waals surface area contributed by atoms with Crippen molar-refractivity contribution in [3.05, 3.63) is 24.8 Å².